The molecule has 0 spiro atoms. The maximum absolute atomic E-state index is 12.3. The highest BCUT2D eigenvalue weighted by Gasteiger charge is 2.14. The molecule has 1 amide bonds. The molecule has 0 aliphatic rings. The first-order valence-electron chi connectivity index (χ1n) is 9.06. The molecule has 0 radical (unpaired) electrons. The van der Waals surface area contributed by atoms with Crippen molar-refractivity contribution in [1.29, 1.82) is 0 Å². The predicted molar refractivity (Wildman–Crippen MR) is 105 cm³/mol. The fourth-order valence-corrected chi connectivity index (χ4v) is 3.12. The van der Waals surface area contributed by atoms with Gasteiger partial charge >= 0.3 is 6.61 Å². The van der Waals surface area contributed by atoms with Gasteiger partial charge in [-0.3, -0.25) is 4.79 Å². The van der Waals surface area contributed by atoms with Crippen LogP contribution in [0.25, 0.3) is 0 Å². The quantitative estimate of drug-likeness (QED) is 0.579. The molecule has 0 aliphatic heterocycles. The van der Waals surface area contributed by atoms with E-state index < -0.39 is 6.61 Å². The lowest BCUT2D eigenvalue weighted by molar-refractivity contribution is -0.0498. The van der Waals surface area contributed by atoms with Gasteiger partial charge in [-0.05, 0) is 41.8 Å². The molecule has 0 saturated carbocycles. The Balaban J connectivity index is 1.62. The van der Waals surface area contributed by atoms with Crippen molar-refractivity contribution in [2.45, 2.75) is 19.0 Å². The van der Waals surface area contributed by atoms with Crippen LogP contribution in [0.4, 0.5) is 8.78 Å². The highest BCUT2D eigenvalue weighted by atomic mass is 19.3. The number of amides is 1. The van der Waals surface area contributed by atoms with Crippen LogP contribution in [-0.4, -0.2) is 19.1 Å². The predicted octanol–water partition coefficient (Wildman–Crippen LogP) is 5.24. The zero-order chi connectivity index (χ0) is 19.8. The van der Waals surface area contributed by atoms with Gasteiger partial charge < -0.3 is 10.1 Å². The topological polar surface area (TPSA) is 38.3 Å². The number of nitrogens with one attached hydrogen (secondary N) is 1. The maximum Gasteiger partial charge on any atom is 0.387 e. The number of carbonyl (C=O) groups excluding carboxylic acids is 1. The van der Waals surface area contributed by atoms with Crippen molar-refractivity contribution < 1.29 is 18.3 Å². The fourth-order valence-electron chi connectivity index (χ4n) is 3.12. The van der Waals surface area contributed by atoms with E-state index in [0.717, 1.165) is 6.42 Å². The van der Waals surface area contributed by atoms with Crippen LogP contribution in [0, 0.1) is 0 Å². The number of benzene rings is 3. The van der Waals surface area contributed by atoms with Crippen LogP contribution in [0.5, 0.6) is 5.75 Å². The standard InChI is InChI=1S/C23H21F2NO2/c24-23(25)28-20-13-11-19(12-14-20)22(27)26-16-15-21(17-7-3-1-4-8-17)18-9-5-2-6-10-18/h1-14,21,23H,15-16H2,(H,26,27). The van der Waals surface area contributed by atoms with Gasteiger partial charge in [-0.2, -0.15) is 8.78 Å². The van der Waals surface area contributed by atoms with Crippen LogP contribution in [-0.2, 0) is 0 Å². The summed E-state index contributed by atoms with van der Waals surface area (Å²) in [5.41, 5.74) is 2.78. The summed E-state index contributed by atoms with van der Waals surface area (Å²) >= 11 is 0. The molecule has 0 fully saturated rings. The summed E-state index contributed by atoms with van der Waals surface area (Å²) in [6.45, 7) is -2.39. The lowest BCUT2D eigenvalue weighted by Gasteiger charge is -2.18. The van der Waals surface area contributed by atoms with Gasteiger partial charge in [0, 0.05) is 18.0 Å². The number of carbonyl (C=O) groups is 1. The SMILES string of the molecule is O=C(NCCC(c1ccccc1)c1ccccc1)c1ccc(OC(F)F)cc1. The number of alkyl halides is 2. The molecule has 0 aromatic heterocycles. The second-order valence-electron chi connectivity index (χ2n) is 6.32. The lowest BCUT2D eigenvalue weighted by Crippen LogP contribution is -2.25. The Morgan fingerprint density at radius 3 is 1.86 bits per heavy atom. The van der Waals surface area contributed by atoms with Gasteiger partial charge in [0.2, 0.25) is 0 Å². The van der Waals surface area contributed by atoms with Crippen LogP contribution in [0.3, 0.4) is 0 Å². The van der Waals surface area contributed by atoms with E-state index in [-0.39, 0.29) is 17.6 Å². The Hall–Kier alpha value is -3.21. The Morgan fingerprint density at radius 2 is 1.36 bits per heavy atom. The third-order valence-electron chi connectivity index (χ3n) is 4.46. The number of halogens is 2. The molecule has 3 aromatic carbocycles. The maximum atomic E-state index is 12.3. The molecule has 1 N–H and O–H groups in total. The van der Waals surface area contributed by atoms with Crippen molar-refractivity contribution in [3.05, 3.63) is 102 Å². The van der Waals surface area contributed by atoms with Gasteiger partial charge in [0.25, 0.3) is 5.91 Å². The highest BCUT2D eigenvalue weighted by molar-refractivity contribution is 5.94. The summed E-state index contributed by atoms with van der Waals surface area (Å²) in [6.07, 6.45) is 0.742. The number of hydrogen-bond donors (Lipinski definition) is 1. The summed E-state index contributed by atoms with van der Waals surface area (Å²) < 4.78 is 28.7. The fraction of sp³-hybridized carbons (Fsp3) is 0.174. The minimum atomic E-state index is -2.88. The summed E-state index contributed by atoms with van der Waals surface area (Å²) in [5.74, 6) is -0.0484. The average molecular weight is 381 g/mol. The molecular weight excluding hydrogens is 360 g/mol. The van der Waals surface area contributed by atoms with E-state index in [1.54, 1.807) is 0 Å². The third kappa shape index (κ3) is 5.39. The number of ether oxygens (including phenoxy) is 1. The molecule has 0 bridgehead atoms. The third-order valence-corrected chi connectivity index (χ3v) is 4.46. The van der Waals surface area contributed by atoms with Gasteiger partial charge in [0.1, 0.15) is 5.75 Å². The van der Waals surface area contributed by atoms with Crippen molar-refractivity contribution >= 4 is 5.91 Å². The van der Waals surface area contributed by atoms with Crippen molar-refractivity contribution in [2.75, 3.05) is 6.54 Å². The van der Waals surface area contributed by atoms with Crippen molar-refractivity contribution in [3.63, 3.8) is 0 Å². The van der Waals surface area contributed by atoms with Crippen molar-refractivity contribution in [2.24, 2.45) is 0 Å². The molecule has 0 unspecified atom stereocenters. The van der Waals surface area contributed by atoms with Gasteiger partial charge in [0.15, 0.2) is 0 Å². The second kappa shape index (κ2) is 9.65. The summed E-state index contributed by atoms with van der Waals surface area (Å²) in [6, 6.07) is 26.0. The number of hydrogen-bond acceptors (Lipinski definition) is 2. The lowest BCUT2D eigenvalue weighted by atomic mass is 9.88. The molecule has 3 aromatic rings. The number of rotatable bonds is 8. The van der Waals surface area contributed by atoms with E-state index >= 15 is 0 Å². The van der Waals surface area contributed by atoms with Gasteiger partial charge in [-0.15, -0.1) is 0 Å². The molecule has 0 heterocycles. The Kier molecular flexibility index (Phi) is 6.73. The van der Waals surface area contributed by atoms with Crippen molar-refractivity contribution in [1.82, 2.24) is 5.32 Å². The van der Waals surface area contributed by atoms with E-state index in [1.807, 2.05) is 36.4 Å². The molecular formula is C23H21F2NO2. The van der Waals surface area contributed by atoms with Crippen LogP contribution in [0.2, 0.25) is 0 Å². The van der Waals surface area contributed by atoms with E-state index in [2.05, 4.69) is 34.3 Å². The smallest absolute Gasteiger partial charge is 0.387 e. The van der Waals surface area contributed by atoms with E-state index in [0.29, 0.717) is 12.1 Å². The first-order chi connectivity index (χ1) is 13.6. The zero-order valence-electron chi connectivity index (χ0n) is 15.2. The molecule has 0 aliphatic carbocycles. The molecule has 3 nitrogen and oxygen atoms in total. The van der Waals surface area contributed by atoms with E-state index in [4.69, 9.17) is 0 Å². The molecule has 0 saturated heterocycles. The first-order valence-corrected chi connectivity index (χ1v) is 9.06. The van der Waals surface area contributed by atoms with Crippen LogP contribution < -0.4 is 10.1 Å². The Bertz CT molecular complexity index is 829. The molecule has 144 valence electrons. The van der Waals surface area contributed by atoms with Gasteiger partial charge in [-0.25, -0.2) is 0 Å². The van der Waals surface area contributed by atoms with E-state index in [1.165, 1.54) is 35.4 Å². The minimum Gasteiger partial charge on any atom is -0.435 e. The van der Waals surface area contributed by atoms with Gasteiger partial charge in [0.05, 0.1) is 0 Å². The van der Waals surface area contributed by atoms with Crippen molar-refractivity contribution in [3.8, 4) is 5.75 Å². The first kappa shape index (κ1) is 19.5. The minimum absolute atomic E-state index is 0.0276. The molecule has 3 rings (SSSR count). The van der Waals surface area contributed by atoms with Crippen LogP contribution in [0.1, 0.15) is 33.8 Å². The Morgan fingerprint density at radius 1 is 0.821 bits per heavy atom. The molecule has 28 heavy (non-hydrogen) atoms. The molecule has 0 atom stereocenters. The van der Waals surface area contributed by atoms with E-state index in [9.17, 15) is 13.6 Å². The average Bonchev–Trinajstić information content (AvgIpc) is 2.72. The highest BCUT2D eigenvalue weighted by Crippen LogP contribution is 2.27. The van der Waals surface area contributed by atoms with Crippen LogP contribution >= 0.6 is 0 Å². The van der Waals surface area contributed by atoms with Gasteiger partial charge in [-0.1, -0.05) is 60.7 Å². The van der Waals surface area contributed by atoms with Crippen LogP contribution in [0.15, 0.2) is 84.9 Å². The molecule has 5 heteroatoms. The summed E-state index contributed by atoms with van der Waals surface area (Å²) in [4.78, 5) is 12.3. The second-order valence-corrected chi connectivity index (χ2v) is 6.32. The normalized spacial score (nSPS) is 10.9. The Labute approximate surface area is 163 Å². The summed E-state index contributed by atoms with van der Waals surface area (Å²) in [5, 5.41) is 2.90. The zero-order valence-corrected chi connectivity index (χ0v) is 15.2. The monoisotopic (exact) mass is 381 g/mol. The summed E-state index contributed by atoms with van der Waals surface area (Å²) in [7, 11) is 0. The largest absolute Gasteiger partial charge is 0.435 e.